The Hall–Kier alpha value is -1.52. The molecule has 0 aromatic rings. The molecule has 0 spiro atoms. The van der Waals surface area contributed by atoms with E-state index in [4.69, 9.17) is 10.5 Å². The van der Waals surface area contributed by atoms with Gasteiger partial charge in [0.05, 0.1) is 6.42 Å². The molecule has 12 heavy (non-hydrogen) atoms. The van der Waals surface area contributed by atoms with Crippen LogP contribution in [0.3, 0.4) is 0 Å². The molecule has 0 aromatic heterocycles. The number of carbonyl (C=O) groups is 2. The summed E-state index contributed by atoms with van der Waals surface area (Å²) in [6.07, 6.45) is -0.413. The van der Waals surface area contributed by atoms with Gasteiger partial charge in [-0.3, -0.25) is 4.79 Å². The van der Waals surface area contributed by atoms with E-state index in [2.05, 4.69) is 11.3 Å². The average Bonchev–Trinajstić information content (AvgIpc) is 2.35. The largest absolute Gasteiger partial charge is 0.462 e. The van der Waals surface area contributed by atoms with Crippen LogP contribution in [0.1, 0.15) is 6.42 Å². The molecule has 1 unspecified atom stereocenters. The Balaban J connectivity index is 2.37. The molecule has 0 radical (unpaired) electrons. The van der Waals surface area contributed by atoms with E-state index in [1.807, 2.05) is 0 Å². The molecule has 1 heterocycles. The average molecular weight is 171 g/mol. The van der Waals surface area contributed by atoms with Crippen LogP contribution in [0.5, 0.6) is 0 Å². The zero-order chi connectivity index (χ0) is 9.14. The fraction of sp³-hybridized carbons (Fsp3) is 0.429. The van der Waals surface area contributed by atoms with Crippen molar-refractivity contribution in [2.45, 2.75) is 12.5 Å². The van der Waals surface area contributed by atoms with Crippen molar-refractivity contribution in [2.75, 3.05) is 6.61 Å². The van der Waals surface area contributed by atoms with Gasteiger partial charge >= 0.3 is 11.9 Å². The first-order valence-electron chi connectivity index (χ1n) is 3.40. The molecule has 1 rings (SSSR count). The van der Waals surface area contributed by atoms with Gasteiger partial charge in [-0.05, 0) is 0 Å². The summed E-state index contributed by atoms with van der Waals surface area (Å²) in [4.78, 5) is 21.3. The fourth-order valence-electron chi connectivity index (χ4n) is 0.792. The van der Waals surface area contributed by atoms with Crippen LogP contribution in [-0.2, 0) is 19.1 Å². The van der Waals surface area contributed by atoms with Gasteiger partial charge in [0.15, 0.2) is 0 Å². The highest BCUT2D eigenvalue weighted by molar-refractivity contribution is 5.87. The Labute approximate surface area is 69.1 Å². The van der Waals surface area contributed by atoms with Crippen LogP contribution in [0.2, 0.25) is 0 Å². The lowest BCUT2D eigenvalue weighted by molar-refractivity contribution is -0.144. The van der Waals surface area contributed by atoms with Gasteiger partial charge in [0, 0.05) is 0 Å². The number of hydrogen-bond donors (Lipinski definition) is 1. The number of hydrogen-bond acceptors (Lipinski definition) is 5. The van der Waals surface area contributed by atoms with Gasteiger partial charge in [-0.15, -0.1) is 0 Å². The van der Waals surface area contributed by atoms with E-state index in [0.717, 1.165) is 0 Å². The molecule has 0 aromatic carbocycles. The van der Waals surface area contributed by atoms with Crippen LogP contribution in [-0.4, -0.2) is 24.6 Å². The Morgan fingerprint density at radius 1 is 1.75 bits per heavy atom. The topological polar surface area (TPSA) is 78.6 Å². The quantitative estimate of drug-likeness (QED) is 0.439. The molecule has 5 heteroatoms. The normalized spacial score (nSPS) is 21.7. The zero-order valence-corrected chi connectivity index (χ0v) is 6.41. The SMILES string of the molecule is C=C(N)C(=O)OC1COC(=O)C1. The van der Waals surface area contributed by atoms with Crippen LogP contribution in [0.25, 0.3) is 0 Å². The first-order chi connectivity index (χ1) is 5.59. The first kappa shape index (κ1) is 8.58. The highest BCUT2D eigenvalue weighted by Crippen LogP contribution is 2.10. The summed E-state index contributed by atoms with van der Waals surface area (Å²) >= 11 is 0. The number of esters is 2. The second-order valence-corrected chi connectivity index (χ2v) is 2.44. The summed E-state index contributed by atoms with van der Waals surface area (Å²) in [5, 5.41) is 0. The number of rotatable bonds is 2. The lowest BCUT2D eigenvalue weighted by Gasteiger charge is -2.07. The summed E-state index contributed by atoms with van der Waals surface area (Å²) in [7, 11) is 0. The fourth-order valence-corrected chi connectivity index (χ4v) is 0.792. The van der Waals surface area contributed by atoms with Crippen LogP contribution in [0, 0.1) is 0 Å². The number of carbonyl (C=O) groups excluding carboxylic acids is 2. The van der Waals surface area contributed by atoms with Gasteiger partial charge in [0.25, 0.3) is 0 Å². The van der Waals surface area contributed by atoms with Gasteiger partial charge in [-0.1, -0.05) is 6.58 Å². The molecule has 1 fully saturated rings. The van der Waals surface area contributed by atoms with E-state index in [1.165, 1.54) is 0 Å². The number of cyclic esters (lactones) is 1. The standard InChI is InChI=1S/C7H9NO4/c1-4(8)7(10)12-5-2-6(9)11-3-5/h5H,1-3,8H2. The van der Waals surface area contributed by atoms with Gasteiger partial charge in [0.2, 0.25) is 0 Å². The third-order valence-electron chi connectivity index (χ3n) is 1.36. The van der Waals surface area contributed by atoms with Crippen molar-refractivity contribution in [3.05, 3.63) is 12.3 Å². The molecule has 0 saturated carbocycles. The lowest BCUT2D eigenvalue weighted by atomic mass is 10.3. The smallest absolute Gasteiger partial charge is 0.353 e. The van der Waals surface area contributed by atoms with Crippen molar-refractivity contribution in [2.24, 2.45) is 5.73 Å². The van der Waals surface area contributed by atoms with E-state index >= 15 is 0 Å². The molecule has 1 saturated heterocycles. The van der Waals surface area contributed by atoms with Crippen LogP contribution >= 0.6 is 0 Å². The Morgan fingerprint density at radius 2 is 2.42 bits per heavy atom. The zero-order valence-electron chi connectivity index (χ0n) is 6.41. The van der Waals surface area contributed by atoms with Gasteiger partial charge in [-0.25, -0.2) is 4.79 Å². The Bertz CT molecular complexity index is 236. The highest BCUT2D eigenvalue weighted by Gasteiger charge is 2.27. The van der Waals surface area contributed by atoms with Crippen molar-refractivity contribution < 1.29 is 19.1 Å². The monoisotopic (exact) mass is 171 g/mol. The third kappa shape index (κ3) is 1.98. The maximum Gasteiger partial charge on any atom is 0.353 e. The van der Waals surface area contributed by atoms with Gasteiger partial charge in [0.1, 0.15) is 18.4 Å². The van der Waals surface area contributed by atoms with E-state index < -0.39 is 12.1 Å². The summed E-state index contributed by atoms with van der Waals surface area (Å²) in [5.41, 5.74) is 4.88. The van der Waals surface area contributed by atoms with Crippen molar-refractivity contribution >= 4 is 11.9 Å². The molecular formula is C7H9NO4. The molecule has 0 bridgehead atoms. The molecule has 0 aliphatic carbocycles. The van der Waals surface area contributed by atoms with Crippen LogP contribution < -0.4 is 5.73 Å². The number of ether oxygens (including phenoxy) is 2. The van der Waals surface area contributed by atoms with E-state index in [1.54, 1.807) is 0 Å². The molecule has 5 nitrogen and oxygen atoms in total. The summed E-state index contributed by atoms with van der Waals surface area (Å²) < 4.78 is 9.29. The molecule has 1 aliphatic heterocycles. The molecule has 2 N–H and O–H groups in total. The molecule has 0 amide bonds. The maximum atomic E-state index is 10.8. The van der Waals surface area contributed by atoms with Crippen molar-refractivity contribution in [1.29, 1.82) is 0 Å². The van der Waals surface area contributed by atoms with E-state index in [0.29, 0.717) is 0 Å². The second kappa shape index (κ2) is 3.25. The van der Waals surface area contributed by atoms with Crippen molar-refractivity contribution in [3.8, 4) is 0 Å². The molecular weight excluding hydrogens is 162 g/mol. The second-order valence-electron chi connectivity index (χ2n) is 2.44. The van der Waals surface area contributed by atoms with Crippen molar-refractivity contribution in [3.63, 3.8) is 0 Å². The lowest BCUT2D eigenvalue weighted by Crippen LogP contribution is -2.22. The molecule has 1 aliphatic rings. The summed E-state index contributed by atoms with van der Waals surface area (Å²) in [5.74, 6) is -1.06. The highest BCUT2D eigenvalue weighted by atomic mass is 16.6. The van der Waals surface area contributed by atoms with Gasteiger partial charge in [-0.2, -0.15) is 0 Å². The Morgan fingerprint density at radius 3 is 2.83 bits per heavy atom. The predicted molar refractivity (Wildman–Crippen MR) is 38.8 cm³/mol. The van der Waals surface area contributed by atoms with Crippen LogP contribution in [0.4, 0.5) is 0 Å². The third-order valence-corrected chi connectivity index (χ3v) is 1.36. The minimum atomic E-state index is -0.696. The predicted octanol–water partition coefficient (Wildman–Crippen LogP) is -0.683. The first-order valence-corrected chi connectivity index (χ1v) is 3.40. The van der Waals surface area contributed by atoms with E-state index in [9.17, 15) is 9.59 Å². The van der Waals surface area contributed by atoms with Gasteiger partial charge < -0.3 is 15.2 Å². The minimum Gasteiger partial charge on any atom is -0.462 e. The van der Waals surface area contributed by atoms with Crippen molar-refractivity contribution in [1.82, 2.24) is 0 Å². The maximum absolute atomic E-state index is 10.8. The molecule has 1 atom stereocenters. The summed E-state index contributed by atoms with van der Waals surface area (Å²) in [6.45, 7) is 3.30. The summed E-state index contributed by atoms with van der Waals surface area (Å²) in [6, 6.07) is 0. The Kier molecular flexibility index (Phi) is 2.32. The van der Waals surface area contributed by atoms with E-state index in [-0.39, 0.29) is 24.7 Å². The minimum absolute atomic E-state index is 0.0962. The van der Waals surface area contributed by atoms with Crippen LogP contribution in [0.15, 0.2) is 12.3 Å². The number of nitrogens with two attached hydrogens (primary N) is 1. The molecule has 66 valence electrons.